The van der Waals surface area contributed by atoms with Gasteiger partial charge in [0.15, 0.2) is 5.78 Å². The van der Waals surface area contributed by atoms with E-state index in [9.17, 15) is 4.79 Å². The number of carbonyl (C=O) groups is 1. The maximum absolute atomic E-state index is 12.2. The van der Waals surface area contributed by atoms with E-state index in [1.165, 1.54) is 0 Å². The molecule has 3 nitrogen and oxygen atoms in total. The Morgan fingerprint density at radius 1 is 1.05 bits per heavy atom. The molecule has 0 amide bonds. The second-order valence-electron chi connectivity index (χ2n) is 5.24. The number of rotatable bonds is 0. The van der Waals surface area contributed by atoms with Gasteiger partial charge in [0.1, 0.15) is 0 Å². The molecule has 3 heteroatoms. The molecule has 1 aliphatic carbocycles. The van der Waals surface area contributed by atoms with Gasteiger partial charge in [0.05, 0.1) is 28.3 Å². The highest BCUT2D eigenvalue weighted by Crippen LogP contribution is 2.34. The van der Waals surface area contributed by atoms with Crippen LogP contribution in [0.5, 0.6) is 0 Å². The van der Waals surface area contributed by atoms with E-state index in [2.05, 4.69) is 4.98 Å². The summed E-state index contributed by atoms with van der Waals surface area (Å²) < 4.78 is 0. The van der Waals surface area contributed by atoms with Crippen LogP contribution in [0.15, 0.2) is 23.8 Å². The fourth-order valence-electron chi connectivity index (χ4n) is 2.62. The van der Waals surface area contributed by atoms with E-state index in [1.54, 1.807) is 0 Å². The van der Waals surface area contributed by atoms with Gasteiger partial charge in [-0.2, -0.15) is 0 Å². The molecule has 19 heavy (non-hydrogen) atoms. The molecule has 0 spiro atoms. The molecule has 1 atom stereocenters. The predicted molar refractivity (Wildman–Crippen MR) is 76.0 cm³/mol. The number of benzene rings is 1. The molecular weight excluding hydrogens is 236 g/mol. The van der Waals surface area contributed by atoms with E-state index in [4.69, 9.17) is 4.98 Å². The van der Waals surface area contributed by atoms with Crippen LogP contribution in [-0.2, 0) is 4.79 Å². The molecule has 1 unspecified atom stereocenters. The van der Waals surface area contributed by atoms with E-state index in [0.29, 0.717) is 0 Å². The van der Waals surface area contributed by atoms with Crippen LogP contribution in [-0.4, -0.2) is 15.8 Å². The Bertz CT molecular complexity index is 744. The van der Waals surface area contributed by atoms with Crippen LogP contribution in [0.25, 0.3) is 16.6 Å². The van der Waals surface area contributed by atoms with Crippen molar-refractivity contribution in [3.05, 3.63) is 40.7 Å². The first-order valence-electron chi connectivity index (χ1n) is 6.50. The van der Waals surface area contributed by atoms with E-state index in [-0.39, 0.29) is 11.7 Å². The summed E-state index contributed by atoms with van der Waals surface area (Å²) in [5.74, 6) is -0.0394. The molecule has 0 saturated heterocycles. The number of nitrogens with zero attached hydrogens (tertiary/aromatic N) is 2. The van der Waals surface area contributed by atoms with Crippen LogP contribution >= 0.6 is 0 Å². The fourth-order valence-corrected chi connectivity index (χ4v) is 2.62. The lowest BCUT2D eigenvalue weighted by atomic mass is 9.85. The monoisotopic (exact) mass is 252 g/mol. The Kier molecular flexibility index (Phi) is 2.52. The van der Waals surface area contributed by atoms with Crippen molar-refractivity contribution in [3.8, 4) is 0 Å². The van der Waals surface area contributed by atoms with Crippen LogP contribution in [0.3, 0.4) is 0 Å². The van der Waals surface area contributed by atoms with Gasteiger partial charge in [-0.3, -0.25) is 4.79 Å². The van der Waals surface area contributed by atoms with Crippen molar-refractivity contribution in [2.75, 3.05) is 0 Å². The lowest BCUT2D eigenvalue weighted by Gasteiger charge is -2.22. The Morgan fingerprint density at radius 2 is 1.79 bits per heavy atom. The van der Waals surface area contributed by atoms with E-state index in [0.717, 1.165) is 39.1 Å². The molecule has 2 aromatic rings. The summed E-state index contributed by atoms with van der Waals surface area (Å²) in [5, 5.41) is 0. The maximum atomic E-state index is 12.2. The first-order valence-corrected chi connectivity index (χ1v) is 6.50. The molecule has 0 bridgehead atoms. The minimum absolute atomic E-state index is 0.159. The standard InChI is InChI=1S/C16H16N2O/c1-8-6-5-7-12-13(8)18-14-9(2)10(3)16(19)11(4)15(14)17-12/h5-7,11H,1-4H3. The van der Waals surface area contributed by atoms with Crippen LogP contribution < -0.4 is 0 Å². The van der Waals surface area contributed by atoms with Crippen LogP contribution in [0.1, 0.15) is 43.6 Å². The van der Waals surface area contributed by atoms with Crippen molar-refractivity contribution in [2.24, 2.45) is 0 Å². The molecule has 1 aromatic heterocycles. The van der Waals surface area contributed by atoms with Crippen LogP contribution in [0.4, 0.5) is 0 Å². The second-order valence-corrected chi connectivity index (χ2v) is 5.24. The van der Waals surface area contributed by atoms with E-state index < -0.39 is 0 Å². The van der Waals surface area contributed by atoms with E-state index in [1.807, 2.05) is 45.9 Å². The molecular formula is C16H16N2O. The van der Waals surface area contributed by atoms with Crippen molar-refractivity contribution in [1.82, 2.24) is 9.97 Å². The molecule has 1 aromatic carbocycles. The quantitative estimate of drug-likeness (QED) is 0.721. The lowest BCUT2D eigenvalue weighted by Crippen LogP contribution is -2.20. The topological polar surface area (TPSA) is 42.9 Å². The van der Waals surface area contributed by atoms with Gasteiger partial charge < -0.3 is 0 Å². The van der Waals surface area contributed by atoms with Crippen molar-refractivity contribution in [3.63, 3.8) is 0 Å². The second kappa shape index (κ2) is 3.98. The fraction of sp³-hybridized carbons (Fsp3) is 0.312. The van der Waals surface area contributed by atoms with Crippen molar-refractivity contribution >= 4 is 22.4 Å². The van der Waals surface area contributed by atoms with Gasteiger partial charge in [-0.25, -0.2) is 9.97 Å². The third kappa shape index (κ3) is 1.61. The van der Waals surface area contributed by atoms with Gasteiger partial charge in [-0.05, 0) is 50.5 Å². The number of para-hydroxylation sites is 1. The van der Waals surface area contributed by atoms with Gasteiger partial charge in [-0.1, -0.05) is 12.1 Å². The van der Waals surface area contributed by atoms with Gasteiger partial charge >= 0.3 is 0 Å². The van der Waals surface area contributed by atoms with Gasteiger partial charge in [0, 0.05) is 0 Å². The Balaban J connectivity index is 2.41. The first kappa shape index (κ1) is 12.0. The zero-order valence-electron chi connectivity index (χ0n) is 11.6. The average molecular weight is 252 g/mol. The van der Waals surface area contributed by atoms with Gasteiger partial charge in [-0.15, -0.1) is 0 Å². The minimum atomic E-state index is -0.198. The Morgan fingerprint density at radius 3 is 2.53 bits per heavy atom. The largest absolute Gasteiger partial charge is 0.294 e. The highest BCUT2D eigenvalue weighted by molar-refractivity contribution is 6.08. The van der Waals surface area contributed by atoms with Crippen molar-refractivity contribution in [2.45, 2.75) is 33.6 Å². The molecule has 0 N–H and O–H groups in total. The molecule has 1 aliphatic rings. The normalized spacial score (nSPS) is 18.9. The number of Topliss-reactive ketones (excluding diaryl/α,β-unsaturated/α-hetero) is 1. The molecule has 1 heterocycles. The number of hydrogen-bond acceptors (Lipinski definition) is 3. The highest BCUT2D eigenvalue weighted by Gasteiger charge is 2.30. The summed E-state index contributed by atoms with van der Waals surface area (Å²) in [5.41, 5.74) is 6.36. The number of allylic oxidation sites excluding steroid dienone is 2. The van der Waals surface area contributed by atoms with Crippen LogP contribution in [0.2, 0.25) is 0 Å². The number of fused-ring (bicyclic) bond motifs is 2. The summed E-state index contributed by atoms with van der Waals surface area (Å²) >= 11 is 0. The molecule has 0 fully saturated rings. The van der Waals surface area contributed by atoms with Crippen molar-refractivity contribution < 1.29 is 4.79 Å². The minimum Gasteiger partial charge on any atom is -0.294 e. The average Bonchev–Trinajstić information content (AvgIpc) is 2.42. The summed E-state index contributed by atoms with van der Waals surface area (Å²) in [6.07, 6.45) is 0. The third-order valence-corrected chi connectivity index (χ3v) is 4.01. The summed E-state index contributed by atoms with van der Waals surface area (Å²) in [6.45, 7) is 7.78. The number of aromatic nitrogens is 2. The van der Waals surface area contributed by atoms with Crippen molar-refractivity contribution in [1.29, 1.82) is 0 Å². The molecule has 96 valence electrons. The smallest absolute Gasteiger partial charge is 0.167 e. The van der Waals surface area contributed by atoms with Crippen LogP contribution in [0, 0.1) is 6.92 Å². The number of aryl methyl sites for hydroxylation is 1. The van der Waals surface area contributed by atoms with Gasteiger partial charge in [0.25, 0.3) is 0 Å². The summed E-state index contributed by atoms with van der Waals surface area (Å²) in [6, 6.07) is 5.96. The lowest BCUT2D eigenvalue weighted by molar-refractivity contribution is -0.116. The van der Waals surface area contributed by atoms with Gasteiger partial charge in [0.2, 0.25) is 0 Å². The summed E-state index contributed by atoms with van der Waals surface area (Å²) in [4.78, 5) is 21.6. The number of hydrogen-bond donors (Lipinski definition) is 0. The first-order chi connectivity index (χ1) is 9.00. The molecule has 0 radical (unpaired) electrons. The Hall–Kier alpha value is -2.03. The highest BCUT2D eigenvalue weighted by atomic mass is 16.1. The molecule has 3 rings (SSSR count). The summed E-state index contributed by atoms with van der Waals surface area (Å²) in [7, 11) is 0. The van der Waals surface area contributed by atoms with E-state index >= 15 is 0 Å². The maximum Gasteiger partial charge on any atom is 0.167 e. The molecule has 0 aliphatic heterocycles. The molecule has 0 saturated carbocycles. The SMILES string of the molecule is CC1=C(C)c2nc3c(C)cccc3nc2C(C)C1=O. The zero-order chi connectivity index (χ0) is 13.7. The Labute approximate surface area is 112 Å². The zero-order valence-corrected chi connectivity index (χ0v) is 11.6. The predicted octanol–water partition coefficient (Wildman–Crippen LogP) is 3.42. The number of ketones is 1. The number of carbonyl (C=O) groups excluding carboxylic acids is 1. The third-order valence-electron chi connectivity index (χ3n) is 4.01.